The van der Waals surface area contributed by atoms with Crippen LogP contribution in [-0.2, 0) is 3.63 Å². The Labute approximate surface area is 61.3 Å². The van der Waals surface area contributed by atoms with E-state index in [1.165, 1.54) is 11.1 Å². The van der Waals surface area contributed by atoms with Gasteiger partial charge in [-0.2, -0.15) is 10.2 Å². The van der Waals surface area contributed by atoms with Crippen LogP contribution in [0.1, 0.15) is 0 Å². The van der Waals surface area contributed by atoms with E-state index in [9.17, 15) is 0 Å². The first kappa shape index (κ1) is 8.60. The molecule has 9 heavy (non-hydrogen) atoms. The van der Waals surface area contributed by atoms with Gasteiger partial charge in [0.05, 0.1) is 24.1 Å². The molecule has 52 valence electrons. The lowest BCUT2D eigenvalue weighted by Gasteiger charge is -1.85. The molecule has 0 bridgehead atoms. The third kappa shape index (κ3) is 7.60. The van der Waals surface area contributed by atoms with Crippen molar-refractivity contribution in [3.05, 3.63) is 0 Å². The summed E-state index contributed by atoms with van der Waals surface area (Å²) >= 11 is 1.99. The Hall–Kier alpha value is -0.400. The van der Waals surface area contributed by atoms with Crippen molar-refractivity contribution in [2.24, 2.45) is 21.9 Å². The van der Waals surface area contributed by atoms with Gasteiger partial charge in [-0.15, -0.1) is 0 Å². The normalized spacial score (nSPS) is 11.6. The molecule has 0 aliphatic rings. The van der Waals surface area contributed by atoms with Gasteiger partial charge < -0.3 is 11.7 Å². The van der Waals surface area contributed by atoms with E-state index in [-0.39, 0.29) is 0 Å². The summed E-state index contributed by atoms with van der Waals surface area (Å²) in [5.41, 5.74) is 2.69. The largest absolute Gasteiger partial charge is 0.323 e. The van der Waals surface area contributed by atoms with Crippen LogP contribution in [0.25, 0.3) is 0 Å². The zero-order valence-corrected chi connectivity index (χ0v) is 6.06. The van der Waals surface area contributed by atoms with E-state index >= 15 is 0 Å². The Morgan fingerprint density at radius 1 is 1.11 bits per heavy atom. The van der Waals surface area contributed by atoms with Gasteiger partial charge in [0.25, 0.3) is 0 Å². The van der Waals surface area contributed by atoms with Crippen LogP contribution in [0.4, 0.5) is 0 Å². The number of hydrazone groups is 2. The highest BCUT2D eigenvalue weighted by Crippen LogP contribution is 2.08. The molecule has 0 aromatic rings. The van der Waals surface area contributed by atoms with Gasteiger partial charge in [0, 0.05) is 0 Å². The molecular formula is C2H6N4OS2. The van der Waals surface area contributed by atoms with Crippen LogP contribution in [-0.4, -0.2) is 11.1 Å². The van der Waals surface area contributed by atoms with E-state index in [1.807, 2.05) is 0 Å². The van der Waals surface area contributed by atoms with E-state index < -0.39 is 0 Å². The van der Waals surface area contributed by atoms with Crippen molar-refractivity contribution in [3.8, 4) is 0 Å². The summed E-state index contributed by atoms with van der Waals surface area (Å²) in [5, 5.41) is 6.31. The van der Waals surface area contributed by atoms with Crippen LogP contribution >= 0.6 is 24.1 Å². The maximum Gasteiger partial charge on any atom is 0.108 e. The summed E-state index contributed by atoms with van der Waals surface area (Å²) in [6, 6.07) is 0. The minimum Gasteiger partial charge on any atom is -0.323 e. The third-order valence-electron chi connectivity index (χ3n) is 0.286. The Bertz CT molecular complexity index is 92.7. The topological polar surface area (TPSA) is 86.0 Å². The van der Waals surface area contributed by atoms with Crippen molar-refractivity contribution in [2.75, 3.05) is 0 Å². The van der Waals surface area contributed by atoms with Gasteiger partial charge >= 0.3 is 0 Å². The Balaban J connectivity index is 2.91. The first-order valence-corrected chi connectivity index (χ1v) is 3.45. The Morgan fingerprint density at radius 3 is 1.89 bits per heavy atom. The van der Waals surface area contributed by atoms with Crippen molar-refractivity contribution in [1.29, 1.82) is 0 Å². The van der Waals surface area contributed by atoms with Gasteiger partial charge in [0.2, 0.25) is 0 Å². The summed E-state index contributed by atoms with van der Waals surface area (Å²) in [6.45, 7) is 0. The van der Waals surface area contributed by atoms with Crippen molar-refractivity contribution in [1.82, 2.24) is 0 Å². The molecule has 5 nitrogen and oxygen atoms in total. The van der Waals surface area contributed by atoms with Crippen molar-refractivity contribution in [2.45, 2.75) is 0 Å². The lowest BCUT2D eigenvalue weighted by atomic mass is 11.7. The number of rotatable bonds is 4. The van der Waals surface area contributed by atoms with Gasteiger partial charge in [-0.25, -0.2) is 3.63 Å². The molecule has 0 amide bonds. The number of nitrogens with zero attached hydrogens (tertiary/aromatic N) is 2. The number of hydrogen-bond donors (Lipinski definition) is 2. The van der Waals surface area contributed by atoms with Gasteiger partial charge in [-0.3, -0.25) is 0 Å². The molecule has 0 aliphatic carbocycles. The molecule has 0 aliphatic heterocycles. The maximum atomic E-state index is 4.74. The first-order valence-electron chi connectivity index (χ1n) is 1.84. The molecule has 0 fully saturated rings. The summed E-state index contributed by atoms with van der Waals surface area (Å²) in [7, 11) is 0. The molecule has 4 N–H and O–H groups in total. The first-order chi connectivity index (χ1) is 4.41. The fourth-order valence-electron chi connectivity index (χ4n) is 0.108. The lowest BCUT2D eigenvalue weighted by Crippen LogP contribution is -1.79. The molecule has 0 spiro atoms. The van der Waals surface area contributed by atoms with Gasteiger partial charge in [-0.1, -0.05) is 0 Å². The molecule has 7 heteroatoms. The fraction of sp³-hybridized carbons (Fsp3) is 0. The van der Waals surface area contributed by atoms with E-state index in [0.29, 0.717) is 0 Å². The molecule has 0 aromatic heterocycles. The molecule has 0 rings (SSSR count). The number of nitrogens with two attached hydrogens (primary N) is 2. The minimum atomic E-state index is 0.993. The zero-order valence-electron chi connectivity index (χ0n) is 4.43. The van der Waals surface area contributed by atoms with E-state index in [1.54, 1.807) is 0 Å². The van der Waals surface area contributed by atoms with Gasteiger partial charge in [-0.05, 0) is 0 Å². The average Bonchev–Trinajstić information content (AvgIpc) is 1.89. The van der Waals surface area contributed by atoms with Crippen molar-refractivity contribution < 1.29 is 3.63 Å². The lowest BCUT2D eigenvalue weighted by molar-refractivity contribution is 0.779. The fourth-order valence-corrected chi connectivity index (χ4v) is 0.669. The third-order valence-corrected chi connectivity index (χ3v) is 1.33. The molecule has 0 saturated heterocycles. The molecule has 0 unspecified atom stereocenters. The summed E-state index contributed by atoms with van der Waals surface area (Å²) in [6.07, 6.45) is 0. The van der Waals surface area contributed by atoms with E-state index in [4.69, 9.17) is 11.7 Å². The van der Waals surface area contributed by atoms with Crippen molar-refractivity contribution in [3.63, 3.8) is 0 Å². The standard InChI is InChI=1S/C2H6N4OS2/c3-5-1-8-7-9-2-6-4/h1-2H,3-4H2. The quantitative estimate of drug-likeness (QED) is 0.154. The van der Waals surface area contributed by atoms with E-state index in [2.05, 4.69) is 13.8 Å². The predicted molar refractivity (Wildman–Crippen MR) is 41.6 cm³/mol. The van der Waals surface area contributed by atoms with Crippen LogP contribution in [0.3, 0.4) is 0 Å². The van der Waals surface area contributed by atoms with Crippen LogP contribution in [0.2, 0.25) is 0 Å². The monoisotopic (exact) mass is 166 g/mol. The SMILES string of the molecule is NN=CSOSC=NN. The Kier molecular flexibility index (Phi) is 7.26. The maximum absolute atomic E-state index is 4.74. The van der Waals surface area contributed by atoms with Crippen molar-refractivity contribution >= 4 is 35.2 Å². The van der Waals surface area contributed by atoms with Gasteiger partial charge in [0.1, 0.15) is 11.1 Å². The summed E-state index contributed by atoms with van der Waals surface area (Å²) in [4.78, 5) is 0. The second-order valence-corrected chi connectivity index (χ2v) is 2.12. The molecule has 0 aromatic carbocycles. The summed E-state index contributed by atoms with van der Waals surface area (Å²) < 4.78 is 4.69. The van der Waals surface area contributed by atoms with Crippen LogP contribution in [0.15, 0.2) is 10.2 Å². The minimum absolute atomic E-state index is 0.993. The molecule has 0 atom stereocenters. The van der Waals surface area contributed by atoms with Crippen LogP contribution in [0.5, 0.6) is 0 Å². The van der Waals surface area contributed by atoms with Crippen LogP contribution in [0, 0.1) is 0 Å². The average molecular weight is 166 g/mol. The Morgan fingerprint density at radius 2 is 1.56 bits per heavy atom. The van der Waals surface area contributed by atoms with E-state index in [0.717, 1.165) is 24.1 Å². The smallest absolute Gasteiger partial charge is 0.108 e. The van der Waals surface area contributed by atoms with Crippen LogP contribution < -0.4 is 11.7 Å². The number of hydrogen-bond acceptors (Lipinski definition) is 7. The second kappa shape index (κ2) is 7.60. The molecule has 0 radical (unpaired) electrons. The summed E-state index contributed by atoms with van der Waals surface area (Å²) in [5.74, 6) is 9.49. The highest BCUT2D eigenvalue weighted by Gasteiger charge is 1.79. The highest BCUT2D eigenvalue weighted by atomic mass is 32.2. The highest BCUT2D eigenvalue weighted by molar-refractivity contribution is 8.20. The molecule has 0 saturated carbocycles. The zero-order chi connectivity index (χ0) is 6.95. The molecular weight excluding hydrogens is 160 g/mol. The molecule has 0 heterocycles. The van der Waals surface area contributed by atoms with Gasteiger partial charge in [0.15, 0.2) is 0 Å². The predicted octanol–water partition coefficient (Wildman–Crippen LogP) is 0.103. The second-order valence-electron chi connectivity index (χ2n) is 0.769.